The normalized spacial score (nSPS) is 21.4. The summed E-state index contributed by atoms with van der Waals surface area (Å²) in [5.74, 6) is 0.847. The van der Waals surface area contributed by atoms with Crippen molar-refractivity contribution < 1.29 is 0 Å². The standard InChI is InChI=1S/C18H24N2/c1-14-10-11-20(12-14)13-18(19-2)17-9-5-7-15-6-3-4-8-16(15)17/h3-9,14,18-19H,10-13H2,1-2H3. The first kappa shape index (κ1) is 13.6. The zero-order chi connectivity index (χ0) is 13.9. The lowest BCUT2D eigenvalue weighted by Gasteiger charge is -2.25. The van der Waals surface area contributed by atoms with E-state index in [-0.39, 0.29) is 0 Å². The van der Waals surface area contributed by atoms with Crippen molar-refractivity contribution in [3.63, 3.8) is 0 Å². The van der Waals surface area contributed by atoms with Gasteiger partial charge >= 0.3 is 0 Å². The minimum absolute atomic E-state index is 0.409. The van der Waals surface area contributed by atoms with Crippen molar-refractivity contribution in [2.24, 2.45) is 5.92 Å². The molecule has 1 heterocycles. The lowest BCUT2D eigenvalue weighted by atomic mass is 9.98. The van der Waals surface area contributed by atoms with Crippen LogP contribution in [0.1, 0.15) is 24.9 Å². The minimum Gasteiger partial charge on any atom is -0.312 e. The summed E-state index contributed by atoms with van der Waals surface area (Å²) in [4.78, 5) is 2.59. The van der Waals surface area contributed by atoms with Crippen LogP contribution < -0.4 is 5.32 Å². The quantitative estimate of drug-likeness (QED) is 0.913. The molecule has 20 heavy (non-hydrogen) atoms. The number of benzene rings is 2. The van der Waals surface area contributed by atoms with Crippen LogP contribution in [0.3, 0.4) is 0 Å². The molecular weight excluding hydrogens is 244 g/mol. The second kappa shape index (κ2) is 5.94. The average molecular weight is 268 g/mol. The van der Waals surface area contributed by atoms with Crippen LogP contribution >= 0.6 is 0 Å². The van der Waals surface area contributed by atoms with Gasteiger partial charge in [-0.2, -0.15) is 0 Å². The van der Waals surface area contributed by atoms with Gasteiger partial charge in [0.15, 0.2) is 0 Å². The Morgan fingerprint density at radius 1 is 1.20 bits per heavy atom. The Labute approximate surface area is 121 Å². The summed E-state index contributed by atoms with van der Waals surface area (Å²) in [5.41, 5.74) is 1.42. The van der Waals surface area contributed by atoms with Crippen molar-refractivity contribution >= 4 is 10.8 Å². The number of nitrogens with zero attached hydrogens (tertiary/aromatic N) is 1. The molecule has 0 saturated carbocycles. The summed E-state index contributed by atoms with van der Waals surface area (Å²) in [5, 5.41) is 6.22. The van der Waals surface area contributed by atoms with Crippen LogP contribution in [0.4, 0.5) is 0 Å². The fourth-order valence-electron chi connectivity index (χ4n) is 3.35. The molecule has 1 aliphatic heterocycles. The van der Waals surface area contributed by atoms with Crippen molar-refractivity contribution in [2.75, 3.05) is 26.7 Å². The van der Waals surface area contributed by atoms with E-state index in [9.17, 15) is 0 Å². The first-order valence-corrected chi connectivity index (χ1v) is 7.65. The number of hydrogen-bond acceptors (Lipinski definition) is 2. The number of likely N-dealkylation sites (tertiary alicyclic amines) is 1. The number of rotatable bonds is 4. The van der Waals surface area contributed by atoms with Crippen LogP contribution in [-0.2, 0) is 0 Å². The van der Waals surface area contributed by atoms with Crippen LogP contribution in [0.25, 0.3) is 10.8 Å². The number of fused-ring (bicyclic) bond motifs is 1. The molecule has 2 aromatic carbocycles. The van der Waals surface area contributed by atoms with Gasteiger partial charge in [0.25, 0.3) is 0 Å². The van der Waals surface area contributed by atoms with Crippen molar-refractivity contribution in [1.29, 1.82) is 0 Å². The molecule has 1 saturated heterocycles. The van der Waals surface area contributed by atoms with E-state index < -0.39 is 0 Å². The highest BCUT2D eigenvalue weighted by Crippen LogP contribution is 2.26. The molecule has 2 nitrogen and oxygen atoms in total. The monoisotopic (exact) mass is 268 g/mol. The summed E-state index contributed by atoms with van der Waals surface area (Å²) in [6, 6.07) is 15.7. The Kier molecular flexibility index (Phi) is 4.04. The molecule has 2 aromatic rings. The molecule has 0 radical (unpaired) electrons. The molecule has 0 amide bonds. The zero-order valence-corrected chi connectivity index (χ0v) is 12.5. The van der Waals surface area contributed by atoms with Crippen molar-refractivity contribution in [1.82, 2.24) is 10.2 Å². The Balaban J connectivity index is 1.87. The Bertz CT molecular complexity index is 573. The average Bonchev–Trinajstić information content (AvgIpc) is 2.89. The largest absolute Gasteiger partial charge is 0.312 e. The van der Waals surface area contributed by atoms with E-state index in [2.05, 4.69) is 66.7 Å². The van der Waals surface area contributed by atoms with E-state index in [1.807, 2.05) is 0 Å². The van der Waals surface area contributed by atoms with Crippen LogP contribution in [0.2, 0.25) is 0 Å². The Morgan fingerprint density at radius 2 is 2.00 bits per heavy atom. The first-order chi connectivity index (χ1) is 9.78. The van der Waals surface area contributed by atoms with Crippen LogP contribution in [0.15, 0.2) is 42.5 Å². The molecule has 1 N–H and O–H groups in total. The third-order valence-electron chi connectivity index (χ3n) is 4.50. The smallest absolute Gasteiger partial charge is 0.0453 e. The summed E-state index contributed by atoms with van der Waals surface area (Å²) >= 11 is 0. The van der Waals surface area contributed by atoms with Gasteiger partial charge in [-0.1, -0.05) is 49.4 Å². The van der Waals surface area contributed by atoms with Gasteiger partial charge in [-0.05, 0) is 42.3 Å². The SMILES string of the molecule is CNC(CN1CCC(C)C1)c1cccc2ccccc12. The van der Waals surface area contributed by atoms with E-state index in [1.165, 1.54) is 35.8 Å². The fraction of sp³-hybridized carbons (Fsp3) is 0.444. The van der Waals surface area contributed by atoms with E-state index >= 15 is 0 Å². The van der Waals surface area contributed by atoms with E-state index in [1.54, 1.807) is 0 Å². The third kappa shape index (κ3) is 2.72. The molecular formula is C18H24N2. The summed E-state index contributed by atoms with van der Waals surface area (Å²) in [6.07, 6.45) is 1.34. The molecule has 106 valence electrons. The predicted octanol–water partition coefficient (Wildman–Crippen LogP) is 3.44. The van der Waals surface area contributed by atoms with Gasteiger partial charge in [0.1, 0.15) is 0 Å². The Morgan fingerprint density at radius 3 is 2.75 bits per heavy atom. The van der Waals surface area contributed by atoms with Crippen molar-refractivity contribution in [2.45, 2.75) is 19.4 Å². The maximum atomic E-state index is 3.51. The predicted molar refractivity (Wildman–Crippen MR) is 86.0 cm³/mol. The third-order valence-corrected chi connectivity index (χ3v) is 4.50. The van der Waals surface area contributed by atoms with Crippen LogP contribution in [-0.4, -0.2) is 31.6 Å². The van der Waals surface area contributed by atoms with Crippen LogP contribution in [0, 0.1) is 5.92 Å². The molecule has 2 atom stereocenters. The molecule has 0 bridgehead atoms. The van der Waals surface area contributed by atoms with Crippen molar-refractivity contribution in [3.05, 3.63) is 48.0 Å². The molecule has 1 fully saturated rings. The highest BCUT2D eigenvalue weighted by molar-refractivity contribution is 5.86. The summed E-state index contributed by atoms with van der Waals surface area (Å²) in [6.45, 7) is 5.94. The van der Waals surface area contributed by atoms with Crippen molar-refractivity contribution in [3.8, 4) is 0 Å². The lowest BCUT2D eigenvalue weighted by molar-refractivity contribution is 0.292. The number of hydrogen-bond donors (Lipinski definition) is 1. The maximum absolute atomic E-state index is 3.51. The molecule has 0 aliphatic carbocycles. The van der Waals surface area contributed by atoms with E-state index in [4.69, 9.17) is 0 Å². The second-order valence-electron chi connectivity index (χ2n) is 6.06. The van der Waals surface area contributed by atoms with Gasteiger partial charge in [-0.25, -0.2) is 0 Å². The molecule has 1 aliphatic rings. The van der Waals surface area contributed by atoms with Gasteiger partial charge in [-0.3, -0.25) is 0 Å². The molecule has 0 aromatic heterocycles. The molecule has 0 spiro atoms. The molecule has 3 rings (SSSR count). The second-order valence-corrected chi connectivity index (χ2v) is 6.06. The van der Waals surface area contributed by atoms with Gasteiger partial charge < -0.3 is 10.2 Å². The fourth-order valence-corrected chi connectivity index (χ4v) is 3.35. The number of likely N-dealkylation sites (N-methyl/N-ethyl adjacent to an activating group) is 1. The summed E-state index contributed by atoms with van der Waals surface area (Å²) < 4.78 is 0. The molecule has 2 unspecified atom stereocenters. The van der Waals surface area contributed by atoms with Gasteiger partial charge in [0.05, 0.1) is 0 Å². The summed E-state index contributed by atoms with van der Waals surface area (Å²) in [7, 11) is 2.08. The minimum atomic E-state index is 0.409. The van der Waals surface area contributed by atoms with Gasteiger partial charge in [0, 0.05) is 19.1 Å². The highest BCUT2D eigenvalue weighted by atomic mass is 15.2. The van der Waals surface area contributed by atoms with E-state index in [0.29, 0.717) is 6.04 Å². The van der Waals surface area contributed by atoms with Crippen LogP contribution in [0.5, 0.6) is 0 Å². The van der Waals surface area contributed by atoms with Gasteiger partial charge in [0.2, 0.25) is 0 Å². The first-order valence-electron chi connectivity index (χ1n) is 7.65. The highest BCUT2D eigenvalue weighted by Gasteiger charge is 2.22. The number of nitrogens with one attached hydrogen (secondary N) is 1. The topological polar surface area (TPSA) is 15.3 Å². The van der Waals surface area contributed by atoms with E-state index in [0.717, 1.165) is 12.5 Å². The zero-order valence-electron chi connectivity index (χ0n) is 12.5. The maximum Gasteiger partial charge on any atom is 0.0453 e. The van der Waals surface area contributed by atoms with Gasteiger partial charge in [-0.15, -0.1) is 0 Å². The Hall–Kier alpha value is -1.38. The molecule has 2 heteroatoms. The lowest BCUT2D eigenvalue weighted by Crippen LogP contribution is -2.32.